The number of ether oxygens (including phenoxy) is 1. The summed E-state index contributed by atoms with van der Waals surface area (Å²) in [5.74, 6) is 0.350. The minimum absolute atomic E-state index is 0.224. The standard InChI is InChI=1S/C17H17N3O2S/c1-2-22-17(21)9-12-3-5-14(6-4-12)20-16(18)10-15(19-20)13-7-8-23-11-13/h3-8,10-11H,2,9,18H2,1H3. The molecule has 0 saturated carbocycles. The van der Waals surface area contributed by atoms with Crippen molar-refractivity contribution in [3.05, 3.63) is 52.7 Å². The molecule has 2 heterocycles. The molecule has 0 aliphatic carbocycles. The predicted octanol–water partition coefficient (Wildman–Crippen LogP) is 3.29. The maximum absolute atomic E-state index is 11.5. The highest BCUT2D eigenvalue weighted by Crippen LogP contribution is 2.24. The largest absolute Gasteiger partial charge is 0.466 e. The van der Waals surface area contributed by atoms with Crippen LogP contribution in [0.5, 0.6) is 0 Å². The van der Waals surface area contributed by atoms with Crippen molar-refractivity contribution >= 4 is 23.1 Å². The topological polar surface area (TPSA) is 70.1 Å². The summed E-state index contributed by atoms with van der Waals surface area (Å²) in [7, 11) is 0. The highest BCUT2D eigenvalue weighted by molar-refractivity contribution is 7.08. The van der Waals surface area contributed by atoms with E-state index >= 15 is 0 Å². The van der Waals surface area contributed by atoms with Crippen LogP contribution >= 0.6 is 11.3 Å². The Labute approximate surface area is 138 Å². The molecule has 2 N–H and O–H groups in total. The number of esters is 1. The van der Waals surface area contributed by atoms with Crippen LogP contribution in [0, 0.1) is 0 Å². The first-order valence-corrected chi connectivity index (χ1v) is 8.24. The lowest BCUT2D eigenvalue weighted by molar-refractivity contribution is -0.142. The van der Waals surface area contributed by atoms with Gasteiger partial charge >= 0.3 is 5.97 Å². The van der Waals surface area contributed by atoms with Crippen LogP contribution in [-0.4, -0.2) is 22.4 Å². The van der Waals surface area contributed by atoms with Crippen molar-refractivity contribution in [1.82, 2.24) is 9.78 Å². The Morgan fingerprint density at radius 2 is 2.09 bits per heavy atom. The summed E-state index contributed by atoms with van der Waals surface area (Å²) in [5, 5.41) is 8.59. The van der Waals surface area contributed by atoms with Crippen molar-refractivity contribution in [2.75, 3.05) is 12.3 Å². The van der Waals surface area contributed by atoms with E-state index in [0.717, 1.165) is 22.5 Å². The molecule has 0 atom stereocenters. The van der Waals surface area contributed by atoms with Gasteiger partial charge in [-0.3, -0.25) is 4.79 Å². The Balaban J connectivity index is 1.81. The summed E-state index contributed by atoms with van der Waals surface area (Å²) < 4.78 is 6.64. The van der Waals surface area contributed by atoms with E-state index in [0.29, 0.717) is 12.4 Å². The van der Waals surface area contributed by atoms with Crippen LogP contribution < -0.4 is 5.73 Å². The number of thiophene rings is 1. The molecule has 5 nitrogen and oxygen atoms in total. The van der Waals surface area contributed by atoms with Gasteiger partial charge in [0.25, 0.3) is 0 Å². The molecule has 3 rings (SSSR count). The van der Waals surface area contributed by atoms with Gasteiger partial charge in [-0.25, -0.2) is 4.68 Å². The van der Waals surface area contributed by atoms with Crippen molar-refractivity contribution in [3.8, 4) is 16.9 Å². The van der Waals surface area contributed by atoms with Gasteiger partial charge in [-0.2, -0.15) is 16.4 Å². The van der Waals surface area contributed by atoms with Gasteiger partial charge < -0.3 is 10.5 Å². The molecule has 0 unspecified atom stereocenters. The molecule has 0 bridgehead atoms. The normalized spacial score (nSPS) is 10.7. The van der Waals surface area contributed by atoms with E-state index in [1.807, 2.05) is 47.2 Å². The van der Waals surface area contributed by atoms with Crippen LogP contribution in [0.15, 0.2) is 47.2 Å². The molecule has 2 aromatic heterocycles. The molecule has 0 saturated heterocycles. The average Bonchev–Trinajstić information content (AvgIpc) is 3.18. The number of nitrogen functional groups attached to an aromatic ring is 1. The second-order valence-corrected chi connectivity index (χ2v) is 5.81. The van der Waals surface area contributed by atoms with Gasteiger partial charge in [-0.05, 0) is 36.1 Å². The molecule has 0 fully saturated rings. The average molecular weight is 327 g/mol. The zero-order valence-corrected chi connectivity index (χ0v) is 13.5. The molecular weight excluding hydrogens is 310 g/mol. The van der Waals surface area contributed by atoms with E-state index in [-0.39, 0.29) is 12.4 Å². The second-order valence-electron chi connectivity index (χ2n) is 5.03. The van der Waals surface area contributed by atoms with Gasteiger partial charge in [0.05, 0.1) is 24.4 Å². The maximum Gasteiger partial charge on any atom is 0.310 e. The molecule has 0 radical (unpaired) electrons. The number of carbonyl (C=O) groups excluding carboxylic acids is 1. The van der Waals surface area contributed by atoms with Crippen LogP contribution in [0.1, 0.15) is 12.5 Å². The zero-order chi connectivity index (χ0) is 16.2. The highest BCUT2D eigenvalue weighted by atomic mass is 32.1. The summed E-state index contributed by atoms with van der Waals surface area (Å²) >= 11 is 1.62. The lowest BCUT2D eigenvalue weighted by Gasteiger charge is -2.06. The molecule has 23 heavy (non-hydrogen) atoms. The molecule has 0 aliphatic rings. The van der Waals surface area contributed by atoms with E-state index in [9.17, 15) is 4.79 Å². The molecular formula is C17H17N3O2S. The Morgan fingerprint density at radius 3 is 2.74 bits per heavy atom. The van der Waals surface area contributed by atoms with Gasteiger partial charge in [-0.1, -0.05) is 12.1 Å². The van der Waals surface area contributed by atoms with Crippen LogP contribution in [0.3, 0.4) is 0 Å². The van der Waals surface area contributed by atoms with Crippen molar-refractivity contribution in [3.63, 3.8) is 0 Å². The predicted molar refractivity (Wildman–Crippen MR) is 91.6 cm³/mol. The van der Waals surface area contributed by atoms with Crippen molar-refractivity contribution in [2.24, 2.45) is 0 Å². The van der Waals surface area contributed by atoms with Crippen molar-refractivity contribution in [2.45, 2.75) is 13.3 Å². The number of aromatic nitrogens is 2. The third-order valence-corrected chi connectivity index (χ3v) is 4.07. The number of nitrogens with zero attached hydrogens (tertiary/aromatic N) is 2. The molecule has 1 aromatic carbocycles. The number of hydrogen-bond acceptors (Lipinski definition) is 5. The smallest absolute Gasteiger partial charge is 0.310 e. The number of nitrogens with two attached hydrogens (primary N) is 1. The fourth-order valence-corrected chi connectivity index (χ4v) is 2.94. The van der Waals surface area contributed by atoms with E-state index in [1.54, 1.807) is 22.9 Å². The monoisotopic (exact) mass is 327 g/mol. The molecule has 0 spiro atoms. The van der Waals surface area contributed by atoms with Crippen molar-refractivity contribution < 1.29 is 9.53 Å². The highest BCUT2D eigenvalue weighted by Gasteiger charge is 2.10. The Bertz CT molecular complexity index is 792. The van der Waals surface area contributed by atoms with Gasteiger partial charge in [-0.15, -0.1) is 0 Å². The molecule has 3 aromatic rings. The van der Waals surface area contributed by atoms with Gasteiger partial charge in [0.1, 0.15) is 5.82 Å². The molecule has 0 amide bonds. The third-order valence-electron chi connectivity index (χ3n) is 3.39. The number of hydrogen-bond donors (Lipinski definition) is 1. The second kappa shape index (κ2) is 6.66. The van der Waals surface area contributed by atoms with Crippen LogP contribution in [-0.2, 0) is 16.0 Å². The lowest BCUT2D eigenvalue weighted by atomic mass is 10.1. The van der Waals surface area contributed by atoms with Crippen LogP contribution in [0.4, 0.5) is 5.82 Å². The number of anilines is 1. The van der Waals surface area contributed by atoms with E-state index in [1.165, 1.54) is 0 Å². The Morgan fingerprint density at radius 1 is 1.30 bits per heavy atom. The summed E-state index contributed by atoms with van der Waals surface area (Å²) in [6.07, 6.45) is 0.267. The van der Waals surface area contributed by atoms with E-state index in [2.05, 4.69) is 5.10 Å². The van der Waals surface area contributed by atoms with Crippen LogP contribution in [0.25, 0.3) is 16.9 Å². The number of carbonyl (C=O) groups is 1. The van der Waals surface area contributed by atoms with E-state index in [4.69, 9.17) is 10.5 Å². The zero-order valence-electron chi connectivity index (χ0n) is 12.7. The fraction of sp³-hybridized carbons (Fsp3) is 0.176. The van der Waals surface area contributed by atoms with Gasteiger partial charge in [0.15, 0.2) is 0 Å². The summed E-state index contributed by atoms with van der Waals surface area (Å²) in [6.45, 7) is 2.19. The number of rotatable bonds is 5. The quantitative estimate of drug-likeness (QED) is 0.730. The fourth-order valence-electron chi connectivity index (χ4n) is 2.29. The Hall–Kier alpha value is -2.60. The maximum atomic E-state index is 11.5. The molecule has 0 aliphatic heterocycles. The van der Waals surface area contributed by atoms with Crippen LogP contribution in [0.2, 0.25) is 0 Å². The lowest BCUT2D eigenvalue weighted by Crippen LogP contribution is -2.07. The Kier molecular flexibility index (Phi) is 4.43. The van der Waals surface area contributed by atoms with Gasteiger partial charge in [0.2, 0.25) is 0 Å². The summed E-state index contributed by atoms with van der Waals surface area (Å²) in [5.41, 5.74) is 9.73. The SMILES string of the molecule is CCOC(=O)Cc1ccc(-n2nc(-c3ccsc3)cc2N)cc1. The first-order chi connectivity index (χ1) is 11.2. The minimum atomic E-state index is -0.224. The first kappa shape index (κ1) is 15.3. The first-order valence-electron chi connectivity index (χ1n) is 7.30. The summed E-state index contributed by atoms with van der Waals surface area (Å²) in [6, 6.07) is 11.4. The van der Waals surface area contributed by atoms with Crippen molar-refractivity contribution in [1.29, 1.82) is 0 Å². The number of benzene rings is 1. The molecule has 118 valence electrons. The summed E-state index contributed by atoms with van der Waals surface area (Å²) in [4.78, 5) is 11.5. The third kappa shape index (κ3) is 3.43. The van der Waals surface area contributed by atoms with E-state index < -0.39 is 0 Å². The van der Waals surface area contributed by atoms with Gasteiger partial charge in [0, 0.05) is 17.0 Å². The molecule has 6 heteroatoms. The minimum Gasteiger partial charge on any atom is -0.466 e.